The number of carbonyl (C=O) groups excluding carboxylic acids is 2. The number of hydrogen-bond acceptors (Lipinski definition) is 4. The van der Waals surface area contributed by atoms with Gasteiger partial charge in [-0.1, -0.05) is 53.6 Å². The zero-order chi connectivity index (χ0) is 23.7. The number of hydrogen-bond donors (Lipinski definition) is 1. The molecule has 33 heavy (non-hydrogen) atoms. The SMILES string of the molecule is COc1ccc(CN2C(=O)C(=O)/C(=C(/O)c3cc(C)ccc3C)C2c2ccc(Cl)cc2)cc1. The van der Waals surface area contributed by atoms with Crippen LogP contribution in [0.25, 0.3) is 5.76 Å². The summed E-state index contributed by atoms with van der Waals surface area (Å²) in [6.45, 7) is 3.97. The molecule has 0 aliphatic carbocycles. The summed E-state index contributed by atoms with van der Waals surface area (Å²) < 4.78 is 5.21. The number of benzene rings is 3. The maximum Gasteiger partial charge on any atom is 0.295 e. The molecular weight excluding hydrogens is 438 g/mol. The fraction of sp³-hybridized carbons (Fsp3) is 0.185. The van der Waals surface area contributed by atoms with Gasteiger partial charge in [0, 0.05) is 17.1 Å². The first-order chi connectivity index (χ1) is 15.8. The minimum Gasteiger partial charge on any atom is -0.507 e. The summed E-state index contributed by atoms with van der Waals surface area (Å²) in [5.74, 6) is -0.837. The second-order valence-corrected chi connectivity index (χ2v) is 8.58. The Morgan fingerprint density at radius 1 is 1.00 bits per heavy atom. The first-order valence-corrected chi connectivity index (χ1v) is 10.9. The van der Waals surface area contributed by atoms with Crippen molar-refractivity contribution in [2.75, 3.05) is 7.11 Å². The van der Waals surface area contributed by atoms with Gasteiger partial charge >= 0.3 is 0 Å². The van der Waals surface area contributed by atoms with Gasteiger partial charge in [-0.2, -0.15) is 0 Å². The average Bonchev–Trinajstić information content (AvgIpc) is 3.06. The van der Waals surface area contributed by atoms with Crippen molar-refractivity contribution in [1.29, 1.82) is 0 Å². The molecular formula is C27H24ClNO4. The summed E-state index contributed by atoms with van der Waals surface area (Å²) in [5.41, 5.74) is 3.90. The van der Waals surface area contributed by atoms with Crippen molar-refractivity contribution in [3.63, 3.8) is 0 Å². The highest BCUT2D eigenvalue weighted by atomic mass is 35.5. The van der Waals surface area contributed by atoms with Crippen LogP contribution in [0.5, 0.6) is 5.75 Å². The van der Waals surface area contributed by atoms with Crippen LogP contribution in [0.2, 0.25) is 5.02 Å². The van der Waals surface area contributed by atoms with E-state index in [1.165, 1.54) is 4.90 Å². The lowest BCUT2D eigenvalue weighted by Gasteiger charge is -2.25. The van der Waals surface area contributed by atoms with E-state index in [4.69, 9.17) is 16.3 Å². The molecule has 3 aromatic carbocycles. The van der Waals surface area contributed by atoms with Crippen molar-refractivity contribution in [3.8, 4) is 5.75 Å². The predicted molar refractivity (Wildman–Crippen MR) is 128 cm³/mol. The largest absolute Gasteiger partial charge is 0.507 e. The van der Waals surface area contributed by atoms with Crippen LogP contribution in [-0.2, 0) is 16.1 Å². The van der Waals surface area contributed by atoms with Gasteiger partial charge in [-0.3, -0.25) is 9.59 Å². The maximum atomic E-state index is 13.2. The molecule has 1 heterocycles. The van der Waals surface area contributed by atoms with E-state index >= 15 is 0 Å². The van der Waals surface area contributed by atoms with E-state index in [9.17, 15) is 14.7 Å². The zero-order valence-corrected chi connectivity index (χ0v) is 19.4. The van der Waals surface area contributed by atoms with Crippen LogP contribution in [0.3, 0.4) is 0 Å². The second-order valence-electron chi connectivity index (χ2n) is 8.14. The van der Waals surface area contributed by atoms with Crippen LogP contribution < -0.4 is 4.74 Å². The van der Waals surface area contributed by atoms with Crippen LogP contribution in [0, 0.1) is 13.8 Å². The smallest absolute Gasteiger partial charge is 0.295 e. The third-order valence-electron chi connectivity index (χ3n) is 5.89. The third-order valence-corrected chi connectivity index (χ3v) is 6.14. The molecule has 1 aliphatic heterocycles. The van der Waals surface area contributed by atoms with E-state index in [1.807, 2.05) is 44.2 Å². The Labute approximate surface area is 197 Å². The molecule has 0 bridgehead atoms. The Bertz CT molecular complexity index is 1250. The predicted octanol–water partition coefficient (Wildman–Crippen LogP) is 5.59. The molecule has 1 atom stereocenters. The third kappa shape index (κ3) is 4.37. The molecule has 6 heteroatoms. The Kier molecular flexibility index (Phi) is 6.25. The number of ketones is 1. The Morgan fingerprint density at radius 2 is 1.67 bits per heavy atom. The Morgan fingerprint density at radius 3 is 2.30 bits per heavy atom. The summed E-state index contributed by atoms with van der Waals surface area (Å²) in [6, 6.07) is 19.2. The van der Waals surface area contributed by atoms with Crippen molar-refractivity contribution >= 4 is 29.1 Å². The summed E-state index contributed by atoms with van der Waals surface area (Å²) in [6.07, 6.45) is 0. The minimum absolute atomic E-state index is 0.0736. The van der Waals surface area contributed by atoms with Crippen LogP contribution >= 0.6 is 11.6 Å². The number of ether oxygens (including phenoxy) is 1. The molecule has 0 saturated carbocycles. The number of methoxy groups -OCH3 is 1. The molecule has 3 aromatic rings. The van der Waals surface area contributed by atoms with Gasteiger partial charge in [-0.15, -0.1) is 0 Å². The van der Waals surface area contributed by atoms with Crippen LogP contribution in [0.15, 0.2) is 72.3 Å². The number of aliphatic hydroxyl groups excluding tert-OH is 1. The van der Waals surface area contributed by atoms with Crippen molar-refractivity contribution in [1.82, 2.24) is 4.90 Å². The van der Waals surface area contributed by atoms with Crippen molar-refractivity contribution in [2.45, 2.75) is 26.4 Å². The Hall–Kier alpha value is -3.57. The first kappa shape index (κ1) is 22.6. The van der Waals surface area contributed by atoms with Crippen LogP contribution in [0.1, 0.15) is 33.9 Å². The molecule has 4 rings (SSSR count). The molecule has 1 amide bonds. The van der Waals surface area contributed by atoms with Crippen molar-refractivity contribution < 1.29 is 19.4 Å². The summed E-state index contributed by atoms with van der Waals surface area (Å²) >= 11 is 6.08. The monoisotopic (exact) mass is 461 g/mol. The number of amides is 1. The lowest BCUT2D eigenvalue weighted by atomic mass is 9.93. The number of nitrogens with zero attached hydrogens (tertiary/aromatic N) is 1. The van der Waals surface area contributed by atoms with Gasteiger partial charge in [-0.05, 0) is 60.9 Å². The molecule has 0 spiro atoms. The Balaban J connectivity index is 1.86. The number of carbonyl (C=O) groups is 2. The molecule has 1 unspecified atom stereocenters. The molecule has 1 N–H and O–H groups in total. The van der Waals surface area contributed by atoms with Crippen LogP contribution in [0.4, 0.5) is 0 Å². The first-order valence-electron chi connectivity index (χ1n) is 10.5. The van der Waals surface area contributed by atoms with E-state index in [2.05, 4.69) is 0 Å². The highest BCUT2D eigenvalue weighted by Crippen LogP contribution is 2.41. The topological polar surface area (TPSA) is 66.8 Å². The average molecular weight is 462 g/mol. The second kappa shape index (κ2) is 9.12. The van der Waals surface area contributed by atoms with Gasteiger partial charge in [-0.25, -0.2) is 0 Å². The fourth-order valence-corrected chi connectivity index (χ4v) is 4.22. The molecule has 1 fully saturated rings. The van der Waals surface area contributed by atoms with Gasteiger partial charge in [0.1, 0.15) is 11.5 Å². The van der Waals surface area contributed by atoms with Crippen LogP contribution in [-0.4, -0.2) is 28.8 Å². The lowest BCUT2D eigenvalue weighted by molar-refractivity contribution is -0.140. The molecule has 0 aromatic heterocycles. The molecule has 1 saturated heterocycles. The standard InChI is InChI=1S/C27H24ClNO4/c1-16-4-5-17(2)22(14-16)25(30)23-24(19-8-10-20(28)11-9-19)29(27(32)26(23)31)15-18-6-12-21(33-3)13-7-18/h4-14,24,30H,15H2,1-3H3/b25-23+. The number of likely N-dealkylation sites (tertiary alicyclic amines) is 1. The normalized spacial score (nSPS) is 17.5. The fourth-order valence-electron chi connectivity index (χ4n) is 4.10. The summed E-state index contributed by atoms with van der Waals surface area (Å²) in [5, 5.41) is 11.8. The minimum atomic E-state index is -0.746. The van der Waals surface area contributed by atoms with E-state index in [0.717, 1.165) is 16.7 Å². The van der Waals surface area contributed by atoms with E-state index < -0.39 is 17.7 Å². The van der Waals surface area contributed by atoms with Gasteiger partial charge in [0.2, 0.25) is 0 Å². The van der Waals surface area contributed by atoms with Gasteiger partial charge in [0.15, 0.2) is 0 Å². The highest BCUT2D eigenvalue weighted by Gasteiger charge is 2.46. The van der Waals surface area contributed by atoms with Crippen molar-refractivity contribution in [2.24, 2.45) is 0 Å². The number of aliphatic hydroxyl groups is 1. The quantitative estimate of drug-likeness (QED) is 0.305. The number of aryl methyl sites for hydroxylation is 2. The van der Waals surface area contributed by atoms with Crippen molar-refractivity contribution in [3.05, 3.63) is 105 Å². The van der Waals surface area contributed by atoms with E-state index in [1.54, 1.807) is 43.5 Å². The number of halogens is 1. The molecule has 168 valence electrons. The molecule has 1 aliphatic rings. The van der Waals surface area contributed by atoms with E-state index in [-0.39, 0.29) is 17.9 Å². The number of rotatable bonds is 5. The summed E-state index contributed by atoms with van der Waals surface area (Å²) in [4.78, 5) is 27.9. The van der Waals surface area contributed by atoms with Gasteiger partial charge in [0.05, 0.1) is 18.7 Å². The lowest BCUT2D eigenvalue weighted by Crippen LogP contribution is -2.29. The molecule has 0 radical (unpaired) electrons. The van der Waals surface area contributed by atoms with Gasteiger partial charge < -0.3 is 14.7 Å². The van der Waals surface area contributed by atoms with Gasteiger partial charge in [0.25, 0.3) is 11.7 Å². The number of Topliss-reactive ketones (excluding diaryl/α,β-unsaturated/α-hetero) is 1. The molecule has 5 nitrogen and oxygen atoms in total. The van der Waals surface area contributed by atoms with E-state index in [0.29, 0.717) is 21.9 Å². The summed E-state index contributed by atoms with van der Waals surface area (Å²) in [7, 11) is 1.58. The zero-order valence-electron chi connectivity index (χ0n) is 18.6. The highest BCUT2D eigenvalue weighted by molar-refractivity contribution is 6.46. The maximum absolute atomic E-state index is 13.2.